The maximum absolute atomic E-state index is 5.36. The fraction of sp³-hybridized carbons (Fsp3) is 0.333. The molecule has 0 aliphatic carbocycles. The molecule has 0 aliphatic rings. The van der Waals surface area contributed by atoms with Gasteiger partial charge in [0, 0.05) is 5.69 Å². The van der Waals surface area contributed by atoms with E-state index in [1.54, 1.807) is 0 Å². The zero-order valence-electron chi connectivity index (χ0n) is 7.54. The van der Waals surface area contributed by atoms with Crippen molar-refractivity contribution in [2.45, 2.75) is 13.8 Å². The van der Waals surface area contributed by atoms with E-state index in [2.05, 4.69) is 9.24 Å². The van der Waals surface area contributed by atoms with E-state index in [9.17, 15) is 0 Å². The van der Waals surface area contributed by atoms with Crippen LogP contribution in [0.25, 0.3) is 0 Å². The Morgan fingerprint density at radius 3 is 1.55 bits per heavy atom. The fourth-order valence-electron chi connectivity index (χ4n) is 0.453. The van der Waals surface area contributed by atoms with Crippen LogP contribution in [0.4, 0.5) is 5.69 Å². The van der Waals surface area contributed by atoms with Crippen LogP contribution >= 0.6 is 9.24 Å². The largest absolute Gasteiger partial charge is 0.399 e. The summed E-state index contributed by atoms with van der Waals surface area (Å²) in [7, 11) is 2.42. The quantitative estimate of drug-likeness (QED) is 0.471. The molecule has 1 nitrogen and oxygen atoms in total. The van der Waals surface area contributed by atoms with Gasteiger partial charge >= 0.3 is 0 Å². The molecule has 2 heteroatoms. The summed E-state index contributed by atoms with van der Waals surface area (Å²) in [4.78, 5) is 0. The van der Waals surface area contributed by atoms with Crippen molar-refractivity contribution in [1.29, 1.82) is 0 Å². The molecule has 0 radical (unpaired) electrons. The lowest BCUT2D eigenvalue weighted by molar-refractivity contribution is 1.50. The Kier molecular flexibility index (Phi) is 14.4. The third-order valence-electron chi connectivity index (χ3n) is 0.800. The minimum atomic E-state index is 0.822. The van der Waals surface area contributed by atoms with Crippen molar-refractivity contribution in [3.8, 4) is 0 Å². The highest BCUT2D eigenvalue weighted by molar-refractivity contribution is 7.15. The molecule has 0 bridgehead atoms. The molecule has 0 heterocycles. The monoisotopic (exact) mass is 171 g/mol. The molecule has 0 saturated carbocycles. The lowest BCUT2D eigenvalue weighted by Crippen LogP contribution is -1.79. The minimum absolute atomic E-state index is 0.822. The lowest BCUT2D eigenvalue weighted by Gasteiger charge is -1.83. The molecule has 1 unspecified atom stereocenters. The van der Waals surface area contributed by atoms with E-state index >= 15 is 0 Å². The normalized spacial score (nSPS) is 6.55. The number of hydrogen-bond acceptors (Lipinski definition) is 1. The predicted octanol–water partition coefficient (Wildman–Crippen LogP) is 2.79. The first kappa shape index (κ1) is 13.1. The predicted molar refractivity (Wildman–Crippen MR) is 57.8 cm³/mol. The first-order chi connectivity index (χ1) is 5.39. The van der Waals surface area contributed by atoms with Crippen LogP contribution in [0.3, 0.4) is 0 Å². The molecule has 0 spiro atoms. The summed E-state index contributed by atoms with van der Waals surface area (Å²) in [6.07, 6.45) is 0. The summed E-state index contributed by atoms with van der Waals surface area (Å²) in [6.45, 7) is 5.92. The van der Waals surface area contributed by atoms with Crippen LogP contribution < -0.4 is 5.73 Å². The molecule has 2 N–H and O–H groups in total. The molecule has 0 aliphatic heterocycles. The molecule has 1 aromatic carbocycles. The zero-order chi connectivity index (χ0) is 9.11. The van der Waals surface area contributed by atoms with Gasteiger partial charge in [-0.15, -0.1) is 9.24 Å². The Morgan fingerprint density at radius 2 is 1.36 bits per heavy atom. The van der Waals surface area contributed by atoms with Crippen molar-refractivity contribution in [2.24, 2.45) is 0 Å². The van der Waals surface area contributed by atoms with Gasteiger partial charge in [-0.2, -0.15) is 0 Å². The van der Waals surface area contributed by atoms with Gasteiger partial charge in [-0.25, -0.2) is 0 Å². The van der Waals surface area contributed by atoms with E-state index in [4.69, 9.17) is 5.73 Å². The maximum atomic E-state index is 5.36. The van der Waals surface area contributed by atoms with Gasteiger partial charge in [-0.3, -0.25) is 0 Å². The molecule has 64 valence electrons. The Balaban J connectivity index is 0. The van der Waals surface area contributed by atoms with E-state index in [0.29, 0.717) is 0 Å². The summed E-state index contributed by atoms with van der Waals surface area (Å²) in [5, 5.41) is 0. The van der Waals surface area contributed by atoms with E-state index < -0.39 is 0 Å². The number of hydrogen-bond donors (Lipinski definition) is 1. The minimum Gasteiger partial charge on any atom is -0.399 e. The van der Waals surface area contributed by atoms with Crippen molar-refractivity contribution in [3.05, 3.63) is 30.3 Å². The highest BCUT2D eigenvalue weighted by atomic mass is 31.0. The lowest BCUT2D eigenvalue weighted by atomic mass is 10.3. The number of anilines is 1. The molecule has 11 heavy (non-hydrogen) atoms. The van der Waals surface area contributed by atoms with Crippen LogP contribution in [0.1, 0.15) is 13.8 Å². The second kappa shape index (κ2) is 12.2. The third-order valence-corrected chi connectivity index (χ3v) is 0.800. The maximum Gasteiger partial charge on any atom is 0.0313 e. The molecule has 1 aromatic rings. The molecule has 0 fully saturated rings. The fourth-order valence-corrected chi connectivity index (χ4v) is 0.453. The van der Waals surface area contributed by atoms with Gasteiger partial charge in [0.25, 0.3) is 0 Å². The van der Waals surface area contributed by atoms with E-state index in [-0.39, 0.29) is 0 Å². The number of para-hydroxylation sites is 1. The SMILES string of the molecule is CC.CP.Nc1ccccc1. The van der Waals surface area contributed by atoms with Crippen LogP contribution in [0, 0.1) is 0 Å². The second-order valence-corrected chi connectivity index (χ2v) is 1.41. The van der Waals surface area contributed by atoms with Gasteiger partial charge in [-0.1, -0.05) is 38.7 Å². The highest BCUT2D eigenvalue weighted by Crippen LogP contribution is 1.95. The number of nitrogens with two attached hydrogens (primary N) is 1. The van der Waals surface area contributed by atoms with Crippen LogP contribution in [0.5, 0.6) is 0 Å². The van der Waals surface area contributed by atoms with Crippen molar-refractivity contribution in [3.63, 3.8) is 0 Å². The number of nitrogen functional groups attached to an aromatic ring is 1. The van der Waals surface area contributed by atoms with Crippen LogP contribution in [-0.2, 0) is 0 Å². The molecule has 0 aromatic heterocycles. The molecule has 1 atom stereocenters. The average Bonchev–Trinajstić information content (AvgIpc) is 2.13. The Hall–Kier alpha value is -0.550. The van der Waals surface area contributed by atoms with Crippen molar-refractivity contribution in [2.75, 3.05) is 12.4 Å². The average molecular weight is 171 g/mol. The molecule has 1 rings (SSSR count). The standard InChI is InChI=1S/C6H7N.C2H6.CH5P/c7-6-4-2-1-3-5-6;2*1-2/h1-5H,7H2;1-2H3;2H2,1H3. The van der Waals surface area contributed by atoms with Crippen LogP contribution in [0.15, 0.2) is 30.3 Å². The van der Waals surface area contributed by atoms with E-state index in [0.717, 1.165) is 5.69 Å². The third kappa shape index (κ3) is 9.45. The molecular formula is C9H18NP. The van der Waals surface area contributed by atoms with Gasteiger partial charge in [0.05, 0.1) is 0 Å². The summed E-state index contributed by atoms with van der Waals surface area (Å²) in [6, 6.07) is 9.49. The van der Waals surface area contributed by atoms with Crippen molar-refractivity contribution < 1.29 is 0 Å². The van der Waals surface area contributed by atoms with Gasteiger partial charge in [0.15, 0.2) is 0 Å². The second-order valence-electron chi connectivity index (χ2n) is 1.41. The van der Waals surface area contributed by atoms with Crippen molar-refractivity contribution >= 4 is 14.9 Å². The smallest absolute Gasteiger partial charge is 0.0313 e. The number of benzene rings is 1. The summed E-state index contributed by atoms with van der Waals surface area (Å²) in [5.74, 6) is 0. The van der Waals surface area contributed by atoms with E-state index in [1.165, 1.54) is 0 Å². The summed E-state index contributed by atoms with van der Waals surface area (Å²) in [5.41, 5.74) is 6.18. The van der Waals surface area contributed by atoms with Gasteiger partial charge < -0.3 is 5.73 Å². The summed E-state index contributed by atoms with van der Waals surface area (Å²) < 4.78 is 0. The van der Waals surface area contributed by atoms with Crippen LogP contribution in [-0.4, -0.2) is 6.66 Å². The van der Waals surface area contributed by atoms with Gasteiger partial charge in [0.2, 0.25) is 0 Å². The van der Waals surface area contributed by atoms with Crippen molar-refractivity contribution in [1.82, 2.24) is 0 Å². The first-order valence-corrected chi connectivity index (χ1v) is 4.93. The zero-order valence-corrected chi connectivity index (χ0v) is 8.70. The van der Waals surface area contributed by atoms with E-state index in [1.807, 2.05) is 50.8 Å². The van der Waals surface area contributed by atoms with Crippen LogP contribution in [0.2, 0.25) is 0 Å². The first-order valence-electron chi connectivity index (χ1n) is 3.78. The molecular weight excluding hydrogens is 153 g/mol. The Bertz CT molecular complexity index is 139. The Labute approximate surface area is 72.2 Å². The topological polar surface area (TPSA) is 26.0 Å². The highest BCUT2D eigenvalue weighted by Gasteiger charge is 1.72. The number of rotatable bonds is 0. The summed E-state index contributed by atoms with van der Waals surface area (Å²) >= 11 is 0. The molecule has 0 saturated heterocycles. The molecule has 0 amide bonds. The van der Waals surface area contributed by atoms with Gasteiger partial charge in [0.1, 0.15) is 0 Å². The Morgan fingerprint density at radius 1 is 1.00 bits per heavy atom. The van der Waals surface area contributed by atoms with Gasteiger partial charge in [-0.05, 0) is 12.1 Å².